The molecule has 0 unspecified atom stereocenters. The monoisotopic (exact) mass is 147 g/mol. The maximum Gasteiger partial charge on any atom is 0.302 e. The molecular weight excluding hydrogens is 139 g/mol. The van der Waals surface area contributed by atoms with Crippen LogP contribution in [0.3, 0.4) is 0 Å². The standard InChI is InChI=1S/C4H8O2.Co/c1-3-6-4(2)5;/h3H2,1-2H3;. The van der Waals surface area contributed by atoms with Gasteiger partial charge in [0.2, 0.25) is 0 Å². The van der Waals surface area contributed by atoms with Crippen LogP contribution >= 0.6 is 0 Å². The number of hydrogen-bond acceptors (Lipinski definition) is 2. The number of hydrogen-bond donors (Lipinski definition) is 0. The largest absolute Gasteiger partial charge is 0.466 e. The molecule has 2 nitrogen and oxygen atoms in total. The molecule has 0 aromatic carbocycles. The van der Waals surface area contributed by atoms with E-state index in [1.165, 1.54) is 6.92 Å². The van der Waals surface area contributed by atoms with Crippen LogP contribution in [0.2, 0.25) is 0 Å². The first-order valence-corrected chi connectivity index (χ1v) is 1.90. The molecule has 0 atom stereocenters. The van der Waals surface area contributed by atoms with Gasteiger partial charge in [-0.25, -0.2) is 0 Å². The van der Waals surface area contributed by atoms with Crippen LogP contribution in [-0.4, -0.2) is 12.6 Å². The van der Waals surface area contributed by atoms with E-state index in [0.717, 1.165) is 0 Å². The summed E-state index contributed by atoms with van der Waals surface area (Å²) in [5.41, 5.74) is 0. The molecule has 3 heteroatoms. The van der Waals surface area contributed by atoms with E-state index in [1.807, 2.05) is 0 Å². The van der Waals surface area contributed by atoms with Gasteiger partial charge >= 0.3 is 5.97 Å². The van der Waals surface area contributed by atoms with E-state index >= 15 is 0 Å². The van der Waals surface area contributed by atoms with Crippen LogP contribution in [0.1, 0.15) is 13.8 Å². The zero-order valence-corrected chi connectivity index (χ0v) is 5.40. The molecule has 0 saturated heterocycles. The van der Waals surface area contributed by atoms with E-state index in [1.54, 1.807) is 6.92 Å². The Morgan fingerprint density at radius 2 is 2.14 bits per heavy atom. The van der Waals surface area contributed by atoms with Gasteiger partial charge in [-0.2, -0.15) is 0 Å². The molecule has 0 N–H and O–H groups in total. The third-order valence-electron chi connectivity index (χ3n) is 0.348. The molecule has 7 heavy (non-hydrogen) atoms. The molecule has 45 valence electrons. The fraction of sp³-hybridized carbons (Fsp3) is 0.750. The van der Waals surface area contributed by atoms with E-state index in [9.17, 15) is 4.79 Å². The molecule has 0 rings (SSSR count). The molecule has 1 radical (unpaired) electrons. The van der Waals surface area contributed by atoms with Crippen LogP contribution in [0.4, 0.5) is 0 Å². The Balaban J connectivity index is 0. The van der Waals surface area contributed by atoms with Crippen molar-refractivity contribution in [1.29, 1.82) is 0 Å². The zero-order chi connectivity index (χ0) is 4.99. The average molecular weight is 147 g/mol. The van der Waals surface area contributed by atoms with Crippen molar-refractivity contribution in [3.63, 3.8) is 0 Å². The van der Waals surface area contributed by atoms with Crippen LogP contribution < -0.4 is 0 Å². The minimum absolute atomic E-state index is 0. The number of carbonyl (C=O) groups is 1. The molecule has 0 fully saturated rings. The third-order valence-corrected chi connectivity index (χ3v) is 0.348. The Kier molecular flexibility index (Phi) is 8.59. The van der Waals surface area contributed by atoms with Gasteiger partial charge < -0.3 is 4.74 Å². The fourth-order valence-corrected chi connectivity index (χ4v) is 0.203. The SMILES string of the molecule is CCOC(C)=O.[Co]. The molecule has 0 amide bonds. The Labute approximate surface area is 53.4 Å². The quantitative estimate of drug-likeness (QED) is 0.506. The minimum Gasteiger partial charge on any atom is -0.466 e. The van der Waals surface area contributed by atoms with Crippen molar-refractivity contribution in [2.45, 2.75) is 13.8 Å². The van der Waals surface area contributed by atoms with Gasteiger partial charge in [0.05, 0.1) is 6.61 Å². The number of esters is 1. The Bertz CT molecular complexity index is 53.7. The third kappa shape index (κ3) is 10.7. The Morgan fingerprint density at radius 3 is 2.14 bits per heavy atom. The van der Waals surface area contributed by atoms with Gasteiger partial charge in [-0.15, -0.1) is 0 Å². The average Bonchev–Trinajstić information content (AvgIpc) is 1.35. The van der Waals surface area contributed by atoms with Crippen molar-refractivity contribution >= 4 is 5.97 Å². The molecule has 0 aliphatic carbocycles. The summed E-state index contributed by atoms with van der Waals surface area (Å²) < 4.78 is 4.40. The summed E-state index contributed by atoms with van der Waals surface area (Å²) in [6, 6.07) is 0. The van der Waals surface area contributed by atoms with Crippen LogP contribution in [0.5, 0.6) is 0 Å². The van der Waals surface area contributed by atoms with E-state index in [0.29, 0.717) is 6.61 Å². The molecule has 0 bridgehead atoms. The Hall–Kier alpha value is -0.0235. The van der Waals surface area contributed by atoms with Crippen molar-refractivity contribution in [1.82, 2.24) is 0 Å². The topological polar surface area (TPSA) is 26.3 Å². The van der Waals surface area contributed by atoms with Crippen molar-refractivity contribution in [3.8, 4) is 0 Å². The summed E-state index contributed by atoms with van der Waals surface area (Å²) in [7, 11) is 0. The number of rotatable bonds is 1. The van der Waals surface area contributed by atoms with Gasteiger partial charge in [0.15, 0.2) is 0 Å². The second-order valence-corrected chi connectivity index (χ2v) is 0.925. The Morgan fingerprint density at radius 1 is 1.71 bits per heavy atom. The predicted octanol–water partition coefficient (Wildman–Crippen LogP) is 0.567. The van der Waals surface area contributed by atoms with Crippen LogP contribution in [0.25, 0.3) is 0 Å². The summed E-state index contributed by atoms with van der Waals surface area (Å²) in [5, 5.41) is 0. The van der Waals surface area contributed by atoms with Gasteiger partial charge in [0.1, 0.15) is 0 Å². The summed E-state index contributed by atoms with van der Waals surface area (Å²) >= 11 is 0. The van der Waals surface area contributed by atoms with Crippen LogP contribution in [-0.2, 0) is 26.3 Å². The summed E-state index contributed by atoms with van der Waals surface area (Å²) in [5.74, 6) is -0.211. The van der Waals surface area contributed by atoms with E-state index in [-0.39, 0.29) is 22.7 Å². The van der Waals surface area contributed by atoms with Gasteiger partial charge in [-0.1, -0.05) is 0 Å². The molecule has 0 heterocycles. The van der Waals surface area contributed by atoms with E-state index < -0.39 is 0 Å². The van der Waals surface area contributed by atoms with E-state index in [4.69, 9.17) is 0 Å². The van der Waals surface area contributed by atoms with Crippen LogP contribution in [0, 0.1) is 0 Å². The van der Waals surface area contributed by atoms with Crippen molar-refractivity contribution in [2.75, 3.05) is 6.61 Å². The number of ether oxygens (including phenoxy) is 1. The molecule has 0 saturated carbocycles. The van der Waals surface area contributed by atoms with Crippen molar-refractivity contribution < 1.29 is 26.3 Å². The maximum atomic E-state index is 9.82. The number of carbonyl (C=O) groups excluding carboxylic acids is 1. The molecule has 0 aliphatic rings. The van der Waals surface area contributed by atoms with Gasteiger partial charge in [-0.3, -0.25) is 4.79 Å². The van der Waals surface area contributed by atoms with Gasteiger partial charge in [0, 0.05) is 23.7 Å². The second-order valence-electron chi connectivity index (χ2n) is 0.925. The van der Waals surface area contributed by atoms with E-state index in [2.05, 4.69) is 4.74 Å². The fourth-order valence-electron chi connectivity index (χ4n) is 0.203. The normalized spacial score (nSPS) is 6.57. The second kappa shape index (κ2) is 5.98. The molecule has 0 aliphatic heterocycles. The minimum atomic E-state index is -0.211. The zero-order valence-electron chi connectivity index (χ0n) is 4.36. The first-order chi connectivity index (χ1) is 2.77. The summed E-state index contributed by atoms with van der Waals surface area (Å²) in [4.78, 5) is 9.82. The first kappa shape index (κ1) is 10.1. The maximum absolute atomic E-state index is 9.82. The van der Waals surface area contributed by atoms with Crippen molar-refractivity contribution in [2.24, 2.45) is 0 Å². The van der Waals surface area contributed by atoms with Crippen LogP contribution in [0.15, 0.2) is 0 Å². The summed E-state index contributed by atoms with van der Waals surface area (Å²) in [6.07, 6.45) is 0. The van der Waals surface area contributed by atoms with Gasteiger partial charge in [-0.05, 0) is 6.92 Å². The predicted molar refractivity (Wildman–Crippen MR) is 22.3 cm³/mol. The van der Waals surface area contributed by atoms with Gasteiger partial charge in [0.25, 0.3) is 0 Å². The first-order valence-electron chi connectivity index (χ1n) is 1.90. The smallest absolute Gasteiger partial charge is 0.302 e. The molecule has 0 spiro atoms. The summed E-state index contributed by atoms with van der Waals surface area (Å²) in [6.45, 7) is 3.65. The molecular formula is C4H8CoO2. The molecule has 0 aromatic heterocycles. The molecule has 0 aromatic rings. The van der Waals surface area contributed by atoms with Crippen molar-refractivity contribution in [3.05, 3.63) is 0 Å².